The van der Waals surface area contributed by atoms with Crippen molar-refractivity contribution in [2.75, 3.05) is 5.32 Å². The number of amides is 2. The van der Waals surface area contributed by atoms with E-state index in [2.05, 4.69) is 15.6 Å². The number of nitrogens with zero attached hydrogens (tertiary/aromatic N) is 2. The van der Waals surface area contributed by atoms with E-state index in [0.717, 1.165) is 31.2 Å². The summed E-state index contributed by atoms with van der Waals surface area (Å²) in [4.78, 5) is 30.2. The van der Waals surface area contributed by atoms with Crippen molar-refractivity contribution in [3.8, 4) is 0 Å². The zero-order valence-electron chi connectivity index (χ0n) is 16.6. The molecule has 2 amide bonds. The molecule has 1 aliphatic rings. The van der Waals surface area contributed by atoms with Gasteiger partial charge in [-0.1, -0.05) is 49.4 Å². The van der Waals surface area contributed by atoms with Crippen molar-refractivity contribution < 1.29 is 9.59 Å². The van der Waals surface area contributed by atoms with Crippen LogP contribution in [0.3, 0.4) is 0 Å². The molecule has 1 aromatic carbocycles. The van der Waals surface area contributed by atoms with Crippen LogP contribution in [-0.2, 0) is 0 Å². The summed E-state index contributed by atoms with van der Waals surface area (Å²) in [6.45, 7) is 1.99. The maximum Gasteiger partial charge on any atom is 0.287 e. The lowest BCUT2D eigenvalue weighted by molar-refractivity contribution is 0.0922. The zero-order valence-corrected chi connectivity index (χ0v) is 16.6. The molecule has 1 saturated carbocycles. The van der Waals surface area contributed by atoms with Gasteiger partial charge in [0.05, 0.1) is 5.52 Å². The minimum Gasteiger partial charge on any atom is -0.347 e. The molecule has 3 aromatic rings. The minimum atomic E-state index is -0.328. The number of hydrogen-bond donors (Lipinski definition) is 2. The SMILES string of the molecule is Cc1ccc(NC(=O)c2nc(C(=O)NC3CCCCCC3)n3ccccc23)cc1. The second-order valence-corrected chi connectivity index (χ2v) is 7.72. The Morgan fingerprint density at radius 1 is 0.966 bits per heavy atom. The standard InChI is InChI=1S/C23H26N4O2/c1-16-11-13-18(14-12-16)24-22(28)20-19-10-6-7-15-27(19)21(26-20)23(29)25-17-8-4-2-3-5-9-17/h6-7,10-15,17H,2-5,8-9H2,1H3,(H,24,28)(H,25,29). The second-order valence-electron chi connectivity index (χ2n) is 7.72. The van der Waals surface area contributed by atoms with Crippen LogP contribution < -0.4 is 10.6 Å². The average Bonchev–Trinajstić information content (AvgIpc) is 2.93. The highest BCUT2D eigenvalue weighted by atomic mass is 16.2. The van der Waals surface area contributed by atoms with E-state index in [1.807, 2.05) is 43.3 Å². The molecular formula is C23H26N4O2. The molecule has 0 atom stereocenters. The summed E-state index contributed by atoms with van der Waals surface area (Å²) in [5, 5.41) is 5.99. The van der Waals surface area contributed by atoms with Gasteiger partial charge < -0.3 is 10.6 Å². The van der Waals surface area contributed by atoms with Crippen molar-refractivity contribution in [2.24, 2.45) is 0 Å². The van der Waals surface area contributed by atoms with Gasteiger partial charge in [-0.25, -0.2) is 4.98 Å². The Morgan fingerprint density at radius 3 is 2.41 bits per heavy atom. The molecule has 2 N–H and O–H groups in total. The van der Waals surface area contributed by atoms with Crippen molar-refractivity contribution in [3.05, 3.63) is 65.7 Å². The first-order valence-corrected chi connectivity index (χ1v) is 10.3. The number of anilines is 1. The Kier molecular flexibility index (Phi) is 5.60. The predicted octanol–water partition coefficient (Wildman–Crippen LogP) is 4.35. The van der Waals surface area contributed by atoms with Crippen LogP contribution in [-0.4, -0.2) is 27.2 Å². The number of imidazole rings is 1. The van der Waals surface area contributed by atoms with Crippen LogP contribution in [0.1, 0.15) is 65.2 Å². The summed E-state index contributed by atoms with van der Waals surface area (Å²) >= 11 is 0. The first kappa shape index (κ1) is 19.2. The van der Waals surface area contributed by atoms with E-state index >= 15 is 0 Å². The average molecular weight is 390 g/mol. The normalized spacial score (nSPS) is 15.1. The number of aryl methyl sites for hydroxylation is 1. The van der Waals surface area contributed by atoms with Crippen LogP contribution >= 0.6 is 0 Å². The lowest BCUT2D eigenvalue weighted by Gasteiger charge is -2.15. The topological polar surface area (TPSA) is 75.5 Å². The molecule has 0 spiro atoms. The molecule has 150 valence electrons. The molecule has 4 rings (SSSR count). The maximum absolute atomic E-state index is 12.9. The van der Waals surface area contributed by atoms with Gasteiger partial charge in [0.15, 0.2) is 5.69 Å². The van der Waals surface area contributed by atoms with E-state index in [1.54, 1.807) is 16.7 Å². The number of carbonyl (C=O) groups is 2. The van der Waals surface area contributed by atoms with Gasteiger partial charge in [-0.05, 0) is 44.0 Å². The van der Waals surface area contributed by atoms with Gasteiger partial charge in [-0.2, -0.15) is 0 Å². The van der Waals surface area contributed by atoms with Crippen LogP contribution in [0.5, 0.6) is 0 Å². The van der Waals surface area contributed by atoms with E-state index in [0.29, 0.717) is 11.2 Å². The van der Waals surface area contributed by atoms with E-state index in [-0.39, 0.29) is 29.4 Å². The summed E-state index contributed by atoms with van der Waals surface area (Å²) in [6.07, 6.45) is 8.48. The van der Waals surface area contributed by atoms with Crippen LogP contribution in [0.4, 0.5) is 5.69 Å². The number of nitrogens with one attached hydrogen (secondary N) is 2. The first-order chi connectivity index (χ1) is 14.1. The Labute approximate surface area is 170 Å². The quantitative estimate of drug-likeness (QED) is 0.651. The number of fused-ring (bicyclic) bond motifs is 1. The summed E-state index contributed by atoms with van der Waals surface area (Å²) < 4.78 is 1.69. The molecule has 2 aromatic heterocycles. The fraction of sp³-hybridized carbons (Fsp3) is 0.348. The zero-order chi connectivity index (χ0) is 20.2. The van der Waals surface area contributed by atoms with E-state index in [9.17, 15) is 9.59 Å². The summed E-state index contributed by atoms with van der Waals surface area (Å²) in [5.74, 6) is -0.308. The van der Waals surface area contributed by atoms with Crippen LogP contribution in [0.2, 0.25) is 0 Å². The highest BCUT2D eigenvalue weighted by molar-refractivity contribution is 6.08. The summed E-state index contributed by atoms with van der Waals surface area (Å²) in [7, 11) is 0. The fourth-order valence-electron chi connectivity index (χ4n) is 3.87. The van der Waals surface area contributed by atoms with Crippen molar-refractivity contribution in [3.63, 3.8) is 0 Å². The highest BCUT2D eigenvalue weighted by Gasteiger charge is 2.23. The van der Waals surface area contributed by atoms with Crippen molar-refractivity contribution in [2.45, 2.75) is 51.5 Å². The van der Waals surface area contributed by atoms with Crippen molar-refractivity contribution in [1.29, 1.82) is 0 Å². The molecule has 1 aliphatic carbocycles. The number of hydrogen-bond acceptors (Lipinski definition) is 3. The summed E-state index contributed by atoms with van der Waals surface area (Å²) in [6, 6.07) is 13.2. The minimum absolute atomic E-state index is 0.172. The molecule has 29 heavy (non-hydrogen) atoms. The van der Waals surface area contributed by atoms with E-state index in [1.165, 1.54) is 12.8 Å². The number of rotatable bonds is 4. The fourth-order valence-corrected chi connectivity index (χ4v) is 3.87. The van der Waals surface area contributed by atoms with Gasteiger partial charge in [0.1, 0.15) is 0 Å². The van der Waals surface area contributed by atoms with Gasteiger partial charge in [0.2, 0.25) is 5.82 Å². The molecule has 2 heterocycles. The monoisotopic (exact) mass is 390 g/mol. The Bertz CT molecular complexity index is 1020. The van der Waals surface area contributed by atoms with Gasteiger partial charge in [0.25, 0.3) is 11.8 Å². The maximum atomic E-state index is 12.9. The van der Waals surface area contributed by atoms with Crippen LogP contribution in [0, 0.1) is 6.92 Å². The van der Waals surface area contributed by atoms with Crippen LogP contribution in [0.25, 0.3) is 5.52 Å². The Balaban J connectivity index is 1.59. The molecule has 0 saturated heterocycles. The Morgan fingerprint density at radius 2 is 1.69 bits per heavy atom. The third kappa shape index (κ3) is 4.31. The number of pyridine rings is 1. The predicted molar refractivity (Wildman–Crippen MR) is 113 cm³/mol. The molecular weight excluding hydrogens is 364 g/mol. The number of carbonyl (C=O) groups excluding carboxylic acids is 2. The Hall–Kier alpha value is -3.15. The highest BCUT2D eigenvalue weighted by Crippen LogP contribution is 2.19. The largest absolute Gasteiger partial charge is 0.347 e. The van der Waals surface area contributed by atoms with Crippen molar-refractivity contribution >= 4 is 23.0 Å². The number of aromatic nitrogens is 2. The lowest BCUT2D eigenvalue weighted by atomic mass is 10.1. The lowest BCUT2D eigenvalue weighted by Crippen LogP contribution is -2.35. The van der Waals surface area contributed by atoms with Crippen molar-refractivity contribution in [1.82, 2.24) is 14.7 Å². The van der Waals surface area contributed by atoms with Gasteiger partial charge in [-0.3, -0.25) is 14.0 Å². The third-order valence-electron chi connectivity index (χ3n) is 5.47. The molecule has 6 nitrogen and oxygen atoms in total. The molecule has 1 fully saturated rings. The molecule has 6 heteroatoms. The van der Waals surface area contributed by atoms with E-state index < -0.39 is 0 Å². The second kappa shape index (κ2) is 8.47. The van der Waals surface area contributed by atoms with Crippen LogP contribution in [0.15, 0.2) is 48.7 Å². The van der Waals surface area contributed by atoms with Gasteiger partial charge in [0, 0.05) is 17.9 Å². The summed E-state index contributed by atoms with van der Waals surface area (Å²) in [5.41, 5.74) is 2.68. The van der Waals surface area contributed by atoms with Gasteiger partial charge >= 0.3 is 0 Å². The van der Waals surface area contributed by atoms with Gasteiger partial charge in [-0.15, -0.1) is 0 Å². The third-order valence-corrected chi connectivity index (χ3v) is 5.47. The first-order valence-electron chi connectivity index (χ1n) is 10.3. The smallest absolute Gasteiger partial charge is 0.287 e. The molecule has 0 aliphatic heterocycles. The molecule has 0 unspecified atom stereocenters. The van der Waals surface area contributed by atoms with E-state index in [4.69, 9.17) is 0 Å². The molecule has 0 radical (unpaired) electrons. The molecule has 0 bridgehead atoms. The number of benzene rings is 1.